The van der Waals surface area contributed by atoms with E-state index in [2.05, 4.69) is 44.3 Å². The fraction of sp³-hybridized carbons (Fsp3) is 0.600. The number of para-hydroxylation sites is 1. The highest BCUT2D eigenvalue weighted by Gasteiger charge is 2.34. The zero-order chi connectivity index (χ0) is 12.0. The van der Waals surface area contributed by atoms with E-state index < -0.39 is 0 Å². The van der Waals surface area contributed by atoms with Gasteiger partial charge in [0.05, 0.1) is 0 Å². The number of hydrogen-bond acceptors (Lipinski definition) is 2. The fourth-order valence-corrected chi connectivity index (χ4v) is 2.67. The molecule has 0 aromatic heterocycles. The van der Waals surface area contributed by atoms with E-state index in [1.807, 2.05) is 0 Å². The summed E-state index contributed by atoms with van der Waals surface area (Å²) in [6, 6.07) is 7.24. The Balaban J connectivity index is 1.75. The van der Waals surface area contributed by atoms with Crippen molar-refractivity contribution in [3.63, 3.8) is 0 Å². The molecule has 1 aliphatic heterocycles. The summed E-state index contributed by atoms with van der Waals surface area (Å²) >= 11 is 0. The first-order chi connectivity index (χ1) is 8.05. The number of rotatable bonds is 3. The van der Waals surface area contributed by atoms with Crippen LogP contribution >= 0.6 is 0 Å². The maximum atomic E-state index is 6.06. The second-order valence-electron chi connectivity index (χ2n) is 6.14. The minimum Gasteiger partial charge on any atom is -0.487 e. The summed E-state index contributed by atoms with van der Waals surface area (Å²) in [7, 11) is 0. The van der Waals surface area contributed by atoms with E-state index in [-0.39, 0.29) is 5.60 Å². The molecule has 1 saturated carbocycles. The van der Waals surface area contributed by atoms with Gasteiger partial charge in [0.1, 0.15) is 11.4 Å². The Hall–Kier alpha value is -1.02. The molecule has 0 amide bonds. The summed E-state index contributed by atoms with van der Waals surface area (Å²) in [5, 5.41) is 3.60. The van der Waals surface area contributed by atoms with Gasteiger partial charge in [-0.1, -0.05) is 25.1 Å². The summed E-state index contributed by atoms with van der Waals surface area (Å²) in [6.45, 7) is 7.56. The molecule has 3 rings (SSSR count). The highest BCUT2D eigenvalue weighted by molar-refractivity contribution is 5.45. The van der Waals surface area contributed by atoms with E-state index in [4.69, 9.17) is 4.74 Å². The van der Waals surface area contributed by atoms with E-state index in [0.29, 0.717) is 0 Å². The average molecular weight is 231 g/mol. The Morgan fingerprint density at radius 1 is 1.41 bits per heavy atom. The van der Waals surface area contributed by atoms with Crippen LogP contribution < -0.4 is 10.1 Å². The molecule has 0 bridgehead atoms. The van der Waals surface area contributed by atoms with Gasteiger partial charge >= 0.3 is 0 Å². The summed E-state index contributed by atoms with van der Waals surface area (Å²) in [5.74, 6) is 1.97. The molecule has 1 aliphatic carbocycles. The molecular formula is C15H21NO. The summed E-state index contributed by atoms with van der Waals surface area (Å²) < 4.78 is 6.06. The van der Waals surface area contributed by atoms with Crippen LogP contribution in [0.5, 0.6) is 5.75 Å². The van der Waals surface area contributed by atoms with Crippen molar-refractivity contribution in [1.29, 1.82) is 0 Å². The predicted molar refractivity (Wildman–Crippen MR) is 69.3 cm³/mol. The van der Waals surface area contributed by atoms with E-state index in [1.54, 1.807) is 0 Å². The SMILES string of the molecule is CC1CC1NCc1cccc2c1OC(C)(C)C2. The van der Waals surface area contributed by atoms with Crippen LogP contribution in [0.25, 0.3) is 0 Å². The van der Waals surface area contributed by atoms with Gasteiger partial charge < -0.3 is 10.1 Å². The highest BCUT2D eigenvalue weighted by atomic mass is 16.5. The van der Waals surface area contributed by atoms with Crippen molar-refractivity contribution in [3.05, 3.63) is 29.3 Å². The normalized spacial score (nSPS) is 28.6. The number of hydrogen-bond donors (Lipinski definition) is 1. The third-order valence-corrected chi connectivity index (χ3v) is 3.84. The topological polar surface area (TPSA) is 21.3 Å². The first-order valence-electron chi connectivity index (χ1n) is 6.58. The average Bonchev–Trinajstić information content (AvgIpc) is 2.84. The second-order valence-corrected chi connectivity index (χ2v) is 6.14. The van der Waals surface area contributed by atoms with E-state index in [0.717, 1.165) is 30.7 Å². The first kappa shape index (κ1) is 11.1. The van der Waals surface area contributed by atoms with Crippen molar-refractivity contribution in [2.45, 2.75) is 51.8 Å². The fourth-order valence-electron chi connectivity index (χ4n) is 2.67. The molecule has 1 N–H and O–H groups in total. The van der Waals surface area contributed by atoms with Gasteiger partial charge in [0.15, 0.2) is 0 Å². The Morgan fingerprint density at radius 2 is 2.18 bits per heavy atom. The predicted octanol–water partition coefficient (Wildman–Crippen LogP) is 2.90. The van der Waals surface area contributed by atoms with Crippen molar-refractivity contribution >= 4 is 0 Å². The van der Waals surface area contributed by atoms with Crippen LogP contribution in [-0.2, 0) is 13.0 Å². The lowest BCUT2D eigenvalue weighted by Gasteiger charge is -2.18. The van der Waals surface area contributed by atoms with Crippen molar-refractivity contribution in [2.24, 2.45) is 5.92 Å². The molecule has 1 aromatic carbocycles. The molecule has 1 fully saturated rings. The van der Waals surface area contributed by atoms with E-state index >= 15 is 0 Å². The summed E-state index contributed by atoms with van der Waals surface area (Å²) in [4.78, 5) is 0. The molecule has 2 unspecified atom stereocenters. The van der Waals surface area contributed by atoms with Crippen molar-refractivity contribution in [2.75, 3.05) is 0 Å². The summed E-state index contributed by atoms with van der Waals surface area (Å²) in [6.07, 6.45) is 2.34. The van der Waals surface area contributed by atoms with Crippen LogP contribution in [0.4, 0.5) is 0 Å². The maximum Gasteiger partial charge on any atom is 0.127 e. The van der Waals surface area contributed by atoms with Crippen LogP contribution in [0.1, 0.15) is 38.3 Å². The number of ether oxygens (including phenoxy) is 1. The summed E-state index contributed by atoms with van der Waals surface area (Å²) in [5.41, 5.74) is 2.64. The van der Waals surface area contributed by atoms with Gasteiger partial charge in [0, 0.05) is 24.6 Å². The number of fused-ring (bicyclic) bond motifs is 1. The third kappa shape index (κ3) is 2.19. The molecule has 0 spiro atoms. The zero-order valence-corrected chi connectivity index (χ0v) is 10.9. The molecule has 92 valence electrons. The van der Waals surface area contributed by atoms with Gasteiger partial charge in [-0.3, -0.25) is 0 Å². The molecule has 1 heterocycles. The van der Waals surface area contributed by atoms with Crippen molar-refractivity contribution in [1.82, 2.24) is 5.32 Å². The van der Waals surface area contributed by atoms with Gasteiger partial charge in [-0.25, -0.2) is 0 Å². The van der Waals surface area contributed by atoms with Gasteiger partial charge in [-0.2, -0.15) is 0 Å². The monoisotopic (exact) mass is 231 g/mol. The van der Waals surface area contributed by atoms with Gasteiger partial charge in [0.2, 0.25) is 0 Å². The number of benzene rings is 1. The van der Waals surface area contributed by atoms with Gasteiger partial charge in [-0.15, -0.1) is 0 Å². The first-order valence-corrected chi connectivity index (χ1v) is 6.58. The highest BCUT2D eigenvalue weighted by Crippen LogP contribution is 2.38. The molecule has 2 atom stereocenters. The Labute approximate surface area is 103 Å². The van der Waals surface area contributed by atoms with E-state index in [1.165, 1.54) is 17.5 Å². The maximum absolute atomic E-state index is 6.06. The minimum atomic E-state index is -0.0364. The lowest BCUT2D eigenvalue weighted by atomic mass is 10.0. The molecular weight excluding hydrogens is 210 g/mol. The van der Waals surface area contributed by atoms with Crippen molar-refractivity contribution in [3.8, 4) is 5.75 Å². The lowest BCUT2D eigenvalue weighted by Crippen LogP contribution is -2.25. The Bertz CT molecular complexity index is 439. The standard InChI is InChI=1S/C15H21NO/c1-10-7-13(10)16-9-12-6-4-5-11-8-15(2,3)17-14(11)12/h4-6,10,13,16H,7-9H2,1-3H3. The third-order valence-electron chi connectivity index (χ3n) is 3.84. The van der Waals surface area contributed by atoms with Crippen LogP contribution in [-0.4, -0.2) is 11.6 Å². The molecule has 0 radical (unpaired) electrons. The Morgan fingerprint density at radius 3 is 2.88 bits per heavy atom. The molecule has 2 aliphatic rings. The zero-order valence-electron chi connectivity index (χ0n) is 10.9. The molecule has 2 nitrogen and oxygen atoms in total. The molecule has 17 heavy (non-hydrogen) atoms. The lowest BCUT2D eigenvalue weighted by molar-refractivity contribution is 0.137. The minimum absolute atomic E-state index is 0.0364. The Kier molecular flexibility index (Phi) is 2.44. The number of nitrogens with one attached hydrogen (secondary N) is 1. The van der Waals surface area contributed by atoms with Gasteiger partial charge in [0.25, 0.3) is 0 Å². The van der Waals surface area contributed by atoms with Crippen LogP contribution in [0.15, 0.2) is 18.2 Å². The molecule has 2 heteroatoms. The van der Waals surface area contributed by atoms with Crippen LogP contribution in [0, 0.1) is 5.92 Å². The second kappa shape index (κ2) is 3.74. The molecule has 1 aromatic rings. The van der Waals surface area contributed by atoms with Crippen LogP contribution in [0.3, 0.4) is 0 Å². The van der Waals surface area contributed by atoms with Gasteiger partial charge in [-0.05, 0) is 31.7 Å². The quantitative estimate of drug-likeness (QED) is 0.863. The van der Waals surface area contributed by atoms with Crippen LogP contribution in [0.2, 0.25) is 0 Å². The van der Waals surface area contributed by atoms with E-state index in [9.17, 15) is 0 Å². The largest absolute Gasteiger partial charge is 0.487 e. The van der Waals surface area contributed by atoms with Crippen molar-refractivity contribution < 1.29 is 4.74 Å². The smallest absolute Gasteiger partial charge is 0.127 e. The molecule has 0 saturated heterocycles.